The Kier molecular flexibility index (Phi) is 11.8. The summed E-state index contributed by atoms with van der Waals surface area (Å²) in [5.41, 5.74) is 2.40. The molecule has 4 heteroatoms. The van der Waals surface area contributed by atoms with Crippen molar-refractivity contribution >= 4 is 39.2 Å². The van der Waals surface area contributed by atoms with Crippen LogP contribution in [-0.2, 0) is 0 Å². The summed E-state index contributed by atoms with van der Waals surface area (Å²) in [6, 6.07) is 33.4. The Balaban J connectivity index is 1.69. The zero-order chi connectivity index (χ0) is 29.8. The first kappa shape index (κ1) is 32.0. The predicted octanol–water partition coefficient (Wildman–Crippen LogP) is 11.4. The molecule has 0 unspecified atom stereocenters. The van der Waals surface area contributed by atoms with Crippen molar-refractivity contribution in [2.24, 2.45) is 0 Å². The van der Waals surface area contributed by atoms with E-state index in [1.165, 1.54) is 46.0 Å². The van der Waals surface area contributed by atoms with Gasteiger partial charge in [0, 0.05) is 41.0 Å². The lowest BCUT2D eigenvalue weighted by atomic mass is 10.1. The topological polar surface area (TPSA) is 12.5 Å². The van der Waals surface area contributed by atoms with Gasteiger partial charge in [-0.2, -0.15) is 10.0 Å². The van der Waals surface area contributed by atoms with Crippen molar-refractivity contribution in [2.45, 2.75) is 74.8 Å². The lowest BCUT2D eigenvalue weighted by molar-refractivity contribution is 0.341. The summed E-state index contributed by atoms with van der Waals surface area (Å²) in [7, 11) is -1.40. The van der Waals surface area contributed by atoms with E-state index in [0.29, 0.717) is 6.61 Å². The minimum absolute atomic E-state index is 0.0555. The second-order valence-corrected chi connectivity index (χ2v) is 16.8. The van der Waals surface area contributed by atoms with E-state index in [4.69, 9.17) is 4.74 Å². The zero-order valence-corrected chi connectivity index (χ0v) is 27.9. The molecule has 0 N–H and O–H groups in total. The van der Waals surface area contributed by atoms with Crippen LogP contribution in [0, 0.1) is 0 Å². The third kappa shape index (κ3) is 7.90. The Labute approximate surface area is 260 Å². The third-order valence-corrected chi connectivity index (χ3v) is 13.7. The van der Waals surface area contributed by atoms with Gasteiger partial charge >= 0.3 is 0 Å². The number of hydrogen-bond donors (Lipinski definition) is 0. The molecule has 0 fully saturated rings. The number of nitrogens with zero attached hydrogens (tertiary/aromatic N) is 1. The molecule has 0 spiro atoms. The summed E-state index contributed by atoms with van der Waals surface area (Å²) in [5.74, 6) is 1.93. The molecule has 0 bridgehead atoms. The lowest BCUT2D eigenvalue weighted by Gasteiger charge is -2.51. The number of benzene rings is 3. The molecule has 0 aliphatic carbocycles. The largest absolute Gasteiger partial charge is 0.492 e. The number of ether oxygens (including phenoxy) is 1. The van der Waals surface area contributed by atoms with Gasteiger partial charge in [-0.3, -0.25) is 0 Å². The van der Waals surface area contributed by atoms with Crippen LogP contribution in [0.4, 0.5) is 5.69 Å². The molecule has 0 saturated carbocycles. The van der Waals surface area contributed by atoms with Crippen LogP contribution in [0.2, 0.25) is 0 Å². The Morgan fingerprint density at radius 2 is 1.38 bits per heavy atom. The minimum atomic E-state index is -1.40. The Bertz CT molecular complexity index is 1310. The van der Waals surface area contributed by atoms with Crippen LogP contribution in [0.3, 0.4) is 0 Å². The van der Waals surface area contributed by atoms with Crippen molar-refractivity contribution in [3.63, 3.8) is 0 Å². The molecular formula is C38H49NOS2. The van der Waals surface area contributed by atoms with Crippen LogP contribution in [-0.4, -0.2) is 30.2 Å². The van der Waals surface area contributed by atoms with Gasteiger partial charge in [0.15, 0.2) is 0 Å². The monoisotopic (exact) mass is 599 g/mol. The van der Waals surface area contributed by atoms with E-state index in [1.807, 2.05) is 0 Å². The van der Waals surface area contributed by atoms with Gasteiger partial charge in [-0.1, -0.05) is 89.9 Å². The van der Waals surface area contributed by atoms with E-state index in [0.717, 1.165) is 30.2 Å². The van der Waals surface area contributed by atoms with Crippen LogP contribution < -0.4 is 9.64 Å². The first-order chi connectivity index (χ1) is 20.4. The highest BCUT2D eigenvalue weighted by Crippen LogP contribution is 2.70. The standard InChI is InChI=1S/C38H49NOS2/c1-6-8-26-39(27-9-7-2)33-24-22-32(23-25-34-17-16-29-41-34)37(31-33)40-28-30-42(38(3,4)5,35-18-12-10-13-19-35)36-20-14-11-15-21-36/h10-25,29,31H,6-9,26-28,30H2,1-5H3/b25-23+. The van der Waals surface area contributed by atoms with E-state index in [9.17, 15) is 0 Å². The summed E-state index contributed by atoms with van der Waals surface area (Å²) in [5, 5.41) is 2.13. The number of rotatable bonds is 15. The average molecular weight is 600 g/mol. The minimum Gasteiger partial charge on any atom is -0.492 e. The van der Waals surface area contributed by atoms with Gasteiger partial charge in [-0.05, 0) is 87.4 Å². The van der Waals surface area contributed by atoms with E-state index >= 15 is 0 Å². The molecule has 1 heterocycles. The van der Waals surface area contributed by atoms with E-state index < -0.39 is 10.0 Å². The molecular weight excluding hydrogens is 551 g/mol. The molecule has 4 aromatic rings. The van der Waals surface area contributed by atoms with Crippen molar-refractivity contribution in [1.29, 1.82) is 0 Å². The highest BCUT2D eigenvalue weighted by Gasteiger charge is 2.39. The molecule has 0 amide bonds. The molecule has 0 atom stereocenters. The van der Waals surface area contributed by atoms with E-state index in [-0.39, 0.29) is 4.75 Å². The van der Waals surface area contributed by atoms with E-state index in [2.05, 4.69) is 148 Å². The van der Waals surface area contributed by atoms with Crippen LogP contribution in [0.25, 0.3) is 12.2 Å². The highest BCUT2D eigenvalue weighted by molar-refractivity contribution is 8.34. The maximum Gasteiger partial charge on any atom is 0.128 e. The van der Waals surface area contributed by atoms with Crippen LogP contribution in [0.1, 0.15) is 70.7 Å². The molecule has 0 radical (unpaired) electrons. The molecule has 1 aromatic heterocycles. The Hall–Kier alpha value is -2.95. The molecule has 224 valence electrons. The zero-order valence-electron chi connectivity index (χ0n) is 26.2. The van der Waals surface area contributed by atoms with Gasteiger partial charge in [0.2, 0.25) is 0 Å². The molecule has 4 rings (SSSR count). The highest BCUT2D eigenvalue weighted by atomic mass is 32.3. The summed E-state index contributed by atoms with van der Waals surface area (Å²) in [6.07, 6.45) is 9.22. The Morgan fingerprint density at radius 1 is 0.762 bits per heavy atom. The van der Waals surface area contributed by atoms with Crippen molar-refractivity contribution in [1.82, 2.24) is 0 Å². The van der Waals surface area contributed by atoms with Gasteiger partial charge in [-0.25, -0.2) is 0 Å². The molecule has 0 aliphatic rings. The van der Waals surface area contributed by atoms with Gasteiger partial charge in [0.1, 0.15) is 5.75 Å². The SMILES string of the molecule is CCCCN(CCCC)c1ccc(/C=C/c2cccs2)c(OCCS(c2ccccc2)(c2ccccc2)C(C)(C)C)c1. The quantitative estimate of drug-likeness (QED) is 0.135. The van der Waals surface area contributed by atoms with Crippen molar-refractivity contribution in [3.05, 3.63) is 107 Å². The van der Waals surface area contributed by atoms with Crippen molar-refractivity contribution < 1.29 is 4.74 Å². The molecule has 2 nitrogen and oxygen atoms in total. The Morgan fingerprint density at radius 3 is 1.90 bits per heavy atom. The van der Waals surface area contributed by atoms with Crippen molar-refractivity contribution in [2.75, 3.05) is 30.3 Å². The fraction of sp³-hybridized carbons (Fsp3) is 0.368. The second-order valence-electron chi connectivity index (χ2n) is 11.8. The fourth-order valence-electron chi connectivity index (χ4n) is 5.58. The molecule has 0 saturated heterocycles. The van der Waals surface area contributed by atoms with Crippen molar-refractivity contribution in [3.8, 4) is 5.75 Å². The maximum absolute atomic E-state index is 6.85. The summed E-state index contributed by atoms with van der Waals surface area (Å²) in [6.45, 7) is 14.6. The van der Waals surface area contributed by atoms with Gasteiger partial charge < -0.3 is 9.64 Å². The number of unbranched alkanes of at least 4 members (excludes halogenated alkanes) is 2. The summed E-state index contributed by atoms with van der Waals surface area (Å²) >= 11 is 1.76. The number of hydrogen-bond acceptors (Lipinski definition) is 3. The first-order valence-corrected chi connectivity index (χ1v) is 18.2. The molecule has 0 aliphatic heterocycles. The van der Waals surface area contributed by atoms with Gasteiger partial charge in [0.25, 0.3) is 0 Å². The van der Waals surface area contributed by atoms with Gasteiger partial charge in [0.05, 0.1) is 6.61 Å². The smallest absolute Gasteiger partial charge is 0.128 e. The first-order valence-electron chi connectivity index (χ1n) is 15.5. The average Bonchev–Trinajstić information content (AvgIpc) is 3.53. The van der Waals surface area contributed by atoms with Crippen LogP contribution >= 0.6 is 21.4 Å². The normalized spacial score (nSPS) is 12.5. The lowest BCUT2D eigenvalue weighted by Crippen LogP contribution is -2.30. The summed E-state index contributed by atoms with van der Waals surface area (Å²) < 4.78 is 6.90. The fourth-order valence-corrected chi connectivity index (χ4v) is 10.5. The second kappa shape index (κ2) is 15.5. The third-order valence-electron chi connectivity index (χ3n) is 7.88. The summed E-state index contributed by atoms with van der Waals surface area (Å²) in [4.78, 5) is 6.64. The van der Waals surface area contributed by atoms with Crippen LogP contribution in [0.15, 0.2) is 106 Å². The van der Waals surface area contributed by atoms with Crippen LogP contribution in [0.5, 0.6) is 5.75 Å². The number of thiophene rings is 1. The molecule has 3 aromatic carbocycles. The molecule has 42 heavy (non-hydrogen) atoms. The predicted molar refractivity (Wildman–Crippen MR) is 189 cm³/mol. The maximum atomic E-state index is 6.85. The van der Waals surface area contributed by atoms with Gasteiger partial charge in [-0.15, -0.1) is 11.3 Å². The number of anilines is 1. The van der Waals surface area contributed by atoms with E-state index in [1.54, 1.807) is 11.3 Å².